The molecule has 26 heteroatoms. The number of hydrogen-bond donors (Lipinski definition) is 0. The Morgan fingerprint density at radius 1 is 0.355 bits per heavy atom. The van der Waals surface area contributed by atoms with Gasteiger partial charge in [0.05, 0.1) is 88.3 Å². The molecular formula is C98H94N2O24. The Hall–Kier alpha value is -11.1. The third-order valence-electron chi connectivity index (χ3n) is 23.3. The number of rotatable bonds is 30. The molecule has 10 aromatic carbocycles. The smallest absolute Gasteiger partial charge is 0.303 e. The van der Waals surface area contributed by atoms with E-state index in [1.165, 1.54) is 31.2 Å². The van der Waals surface area contributed by atoms with Crippen LogP contribution < -0.4 is 9.47 Å². The van der Waals surface area contributed by atoms with Gasteiger partial charge in [0, 0.05) is 18.1 Å². The van der Waals surface area contributed by atoms with E-state index in [2.05, 4.69) is 0 Å². The summed E-state index contributed by atoms with van der Waals surface area (Å²) < 4.78 is 135. The van der Waals surface area contributed by atoms with Crippen molar-refractivity contribution in [1.29, 1.82) is 0 Å². The van der Waals surface area contributed by atoms with E-state index < -0.39 is 165 Å². The van der Waals surface area contributed by atoms with Crippen molar-refractivity contribution in [2.75, 3.05) is 26.9 Å². The van der Waals surface area contributed by atoms with Gasteiger partial charge in [0.2, 0.25) is 6.29 Å². The van der Waals surface area contributed by atoms with Crippen LogP contribution in [0.2, 0.25) is 0 Å². The molecule has 0 aliphatic carbocycles. The average Bonchev–Trinajstić information content (AvgIpc) is 1.62. The van der Waals surface area contributed by atoms with Gasteiger partial charge in [-0.1, -0.05) is 237 Å². The molecule has 22 atom stereocenters. The molecule has 124 heavy (non-hydrogen) atoms. The molecule has 8 heterocycles. The van der Waals surface area contributed by atoms with E-state index in [1.54, 1.807) is 74.7 Å². The highest BCUT2D eigenvalue weighted by Gasteiger charge is 2.65. The first kappa shape index (κ1) is 83.8. The Labute approximate surface area is 716 Å². The maximum Gasteiger partial charge on any atom is 0.303 e. The number of amides is 4. The summed E-state index contributed by atoms with van der Waals surface area (Å²) in [6.45, 7) is 2.74. The van der Waals surface area contributed by atoms with E-state index in [4.69, 9.17) is 90.0 Å². The molecule has 4 amide bonds. The summed E-state index contributed by atoms with van der Waals surface area (Å²) in [7, 11) is 1.55. The summed E-state index contributed by atoms with van der Waals surface area (Å²) in [5.74, 6) is -3.16. The van der Waals surface area contributed by atoms with Crippen LogP contribution in [0, 0.1) is 0 Å². The van der Waals surface area contributed by atoms with E-state index in [0.717, 1.165) is 37.6 Å². The number of imide groups is 2. The molecule has 0 saturated carbocycles. The van der Waals surface area contributed by atoms with E-state index in [-0.39, 0.29) is 75.1 Å². The second-order valence-electron chi connectivity index (χ2n) is 31.4. The van der Waals surface area contributed by atoms with Gasteiger partial charge in [-0.25, -0.2) is 0 Å². The van der Waals surface area contributed by atoms with Crippen LogP contribution in [0.15, 0.2) is 285 Å². The van der Waals surface area contributed by atoms with Crippen LogP contribution in [-0.2, 0) is 118 Å². The fourth-order valence-corrected chi connectivity index (χ4v) is 17.4. The van der Waals surface area contributed by atoms with Gasteiger partial charge in [-0.3, -0.25) is 33.8 Å². The molecule has 0 bridgehead atoms. The van der Waals surface area contributed by atoms with Crippen LogP contribution in [0.4, 0.5) is 0 Å². The van der Waals surface area contributed by atoms with Gasteiger partial charge in [0.15, 0.2) is 43.7 Å². The van der Waals surface area contributed by atoms with Gasteiger partial charge < -0.3 is 90.0 Å². The van der Waals surface area contributed by atoms with Crippen LogP contribution in [0.5, 0.6) is 11.5 Å². The Bertz CT molecular complexity index is 5180. The van der Waals surface area contributed by atoms with Crippen LogP contribution in [0.3, 0.4) is 0 Å². The summed E-state index contributed by atoms with van der Waals surface area (Å²) in [6.07, 6.45) is -27.2. The van der Waals surface area contributed by atoms with Crippen LogP contribution in [0.25, 0.3) is 0 Å². The predicted octanol–water partition coefficient (Wildman–Crippen LogP) is 13.2. The summed E-state index contributed by atoms with van der Waals surface area (Å²) in [5.41, 5.74) is 5.45. The molecule has 10 aromatic rings. The largest absolute Gasteiger partial charge is 0.497 e. The first-order chi connectivity index (χ1) is 60.8. The maximum absolute atomic E-state index is 16.2. The molecule has 0 spiro atoms. The number of esters is 1. The van der Waals surface area contributed by atoms with Crippen LogP contribution in [0.1, 0.15) is 107 Å². The zero-order valence-electron chi connectivity index (χ0n) is 68.2. The fraction of sp³-hybridized carbons (Fsp3) is 0.337. The lowest BCUT2D eigenvalue weighted by Gasteiger charge is -2.55. The van der Waals surface area contributed by atoms with E-state index in [9.17, 15) is 4.79 Å². The molecule has 0 N–H and O–H groups in total. The standard InChI is InChI=1S/C98H94N2O24/c1-59-79(108-52-62-31-13-5-14-32-62)86(88(98(114-59)116-69-49-47-68(106-3)48-50-69)124-97-87(111-55-65-37-19-8-20-38-65)85(110-54-64-35-17-7-18-36-64)80(109-53-63-33-15-6-16-34-63)74(119-97)56-107-51-61-29-11-4-12-30-61)123-96-78(100-91(104)72-45-27-28-46-73(72)92(100)105)84(82-76(118-96)58-113-94(121-82)67-41-23-10-24-42-67)122-95-77(99-89(102)70-43-25-26-44-71(70)90(99)103)83(115-60(2)101)81-75(117-95)57-112-93(120-81)66-39-21-9-22-40-66/h4-50,59,74-88,93-98H,51-58H2,1-3H3/t59-,74+,75+,76+,77+,78+,79-,80+,81+,82+,83+,84+,85-,86+,87+,88+,93?,94?,95-,96-,97+,98-/m0/s1. The molecule has 6 fully saturated rings. The molecular weight excluding hydrogens is 1590 g/mol. The minimum Gasteiger partial charge on any atom is -0.497 e. The van der Waals surface area contributed by atoms with Crippen LogP contribution in [-0.4, -0.2) is 189 Å². The van der Waals surface area contributed by atoms with Crippen molar-refractivity contribution >= 4 is 29.6 Å². The van der Waals surface area contributed by atoms with Crippen molar-refractivity contribution < 1.29 is 114 Å². The third kappa shape index (κ3) is 18.3. The first-order valence-electron chi connectivity index (χ1n) is 41.7. The van der Waals surface area contributed by atoms with Crippen molar-refractivity contribution in [2.24, 2.45) is 0 Å². The van der Waals surface area contributed by atoms with Gasteiger partial charge >= 0.3 is 5.97 Å². The molecule has 8 aliphatic rings. The van der Waals surface area contributed by atoms with Gasteiger partial charge in [-0.15, -0.1) is 0 Å². The van der Waals surface area contributed by atoms with Gasteiger partial charge in [-0.05, 0) is 83.3 Å². The monoisotopic (exact) mass is 1680 g/mol. The molecule has 2 unspecified atom stereocenters. The molecule has 8 aliphatic heterocycles. The highest BCUT2D eigenvalue weighted by atomic mass is 16.8. The number of fused-ring (bicyclic) bond motifs is 4. The molecule has 0 aromatic heterocycles. The van der Waals surface area contributed by atoms with Crippen LogP contribution >= 0.6 is 0 Å². The number of benzene rings is 10. The molecule has 640 valence electrons. The van der Waals surface area contributed by atoms with Gasteiger partial charge in [0.1, 0.15) is 90.7 Å². The predicted molar refractivity (Wildman–Crippen MR) is 442 cm³/mol. The Morgan fingerprint density at radius 2 is 0.726 bits per heavy atom. The van der Waals surface area contributed by atoms with E-state index in [1.807, 2.05) is 200 Å². The number of carbonyl (C=O) groups is 5. The summed E-state index contributed by atoms with van der Waals surface area (Å²) in [6, 6.07) is 82.5. The SMILES string of the molecule is COc1ccc(O[C@@H]2O[C@@H](C)[C@H](OCc3ccccc3)[C@@H](O[C@@H]3O[C@@H]4COC(c5ccccc5)O[C@H]4[C@H](O[C@@H]4O[C@@H]5COC(c6ccccc6)O[C@H]5[C@H](OC(C)=O)[C@H]4N4C(=O)c5ccccc5C4=O)[C@H]3N3C(=O)c4ccccc4C3=O)[C@H]2O[C@H]2O[C@H](COCc3ccccc3)[C@@H](OCc3ccccc3)[C@H](OCc3ccccc3)[C@H]2OCc2ccccc2)cc1. The van der Waals surface area contributed by atoms with Gasteiger partial charge in [-0.2, -0.15) is 0 Å². The number of methoxy groups -OCH3 is 1. The lowest BCUT2D eigenvalue weighted by Crippen LogP contribution is -2.73. The highest BCUT2D eigenvalue weighted by Crippen LogP contribution is 2.47. The minimum atomic E-state index is -1.90. The molecule has 26 nitrogen and oxygen atoms in total. The Kier molecular flexibility index (Phi) is 26.1. The molecule has 18 rings (SSSR count). The first-order valence-corrected chi connectivity index (χ1v) is 41.7. The quantitative estimate of drug-likeness (QED) is 0.0299. The Morgan fingerprint density at radius 3 is 1.17 bits per heavy atom. The van der Waals surface area contributed by atoms with Crippen molar-refractivity contribution in [2.45, 2.75) is 182 Å². The minimum absolute atomic E-state index is 0.000171. The van der Waals surface area contributed by atoms with Crippen molar-refractivity contribution in [3.05, 3.63) is 346 Å². The zero-order valence-corrected chi connectivity index (χ0v) is 68.2. The van der Waals surface area contributed by atoms with E-state index >= 15 is 19.2 Å². The lowest BCUT2D eigenvalue weighted by molar-refractivity contribution is -0.408. The zero-order chi connectivity index (χ0) is 84.6. The number of hydrogen-bond acceptors (Lipinski definition) is 24. The summed E-state index contributed by atoms with van der Waals surface area (Å²) >= 11 is 0. The number of nitrogens with zero attached hydrogens (tertiary/aromatic N) is 2. The number of ether oxygens (including phenoxy) is 19. The maximum atomic E-state index is 16.2. The van der Waals surface area contributed by atoms with Crippen molar-refractivity contribution in [1.82, 2.24) is 9.80 Å². The van der Waals surface area contributed by atoms with E-state index in [0.29, 0.717) is 22.6 Å². The summed E-state index contributed by atoms with van der Waals surface area (Å²) in [4.78, 5) is 79.5. The second kappa shape index (κ2) is 38.6. The third-order valence-corrected chi connectivity index (χ3v) is 23.3. The van der Waals surface area contributed by atoms with Gasteiger partial charge in [0.25, 0.3) is 23.6 Å². The molecule has 0 radical (unpaired) electrons. The second-order valence-corrected chi connectivity index (χ2v) is 31.4. The highest BCUT2D eigenvalue weighted by molar-refractivity contribution is 6.22. The fourth-order valence-electron chi connectivity index (χ4n) is 17.4. The van der Waals surface area contributed by atoms with Crippen molar-refractivity contribution in [3.63, 3.8) is 0 Å². The lowest BCUT2D eigenvalue weighted by atomic mass is 9.91. The molecule has 6 saturated heterocycles. The normalized spacial score (nSPS) is 29.6. The van der Waals surface area contributed by atoms with Crippen molar-refractivity contribution in [3.8, 4) is 11.5 Å². The number of carbonyl (C=O) groups excluding carboxylic acids is 5. The Balaban J connectivity index is 0.806. The summed E-state index contributed by atoms with van der Waals surface area (Å²) in [5, 5.41) is 0. The average molecular weight is 1680 g/mol. The topological polar surface area (TPSA) is 267 Å².